The van der Waals surface area contributed by atoms with Crippen molar-refractivity contribution in [1.82, 2.24) is 4.98 Å². The van der Waals surface area contributed by atoms with Crippen molar-refractivity contribution in [3.05, 3.63) is 47.5 Å². The number of benzene rings is 1. The minimum absolute atomic E-state index is 0.726. The Hall–Kier alpha value is -1.54. The van der Waals surface area contributed by atoms with Crippen molar-refractivity contribution in [1.29, 1.82) is 0 Å². The fourth-order valence-electron chi connectivity index (χ4n) is 1.53. The number of anilines is 1. The number of aromatic nitrogens is 1. The lowest BCUT2D eigenvalue weighted by Crippen LogP contribution is -1.99. The molecule has 2 nitrogen and oxygen atoms in total. The topological polar surface area (TPSA) is 24.9 Å². The number of halogens is 1. The minimum Gasteiger partial charge on any atom is -0.370 e. The van der Waals surface area contributed by atoms with Crippen molar-refractivity contribution >= 4 is 17.4 Å². The van der Waals surface area contributed by atoms with Crippen LogP contribution in [-0.2, 0) is 0 Å². The molecular weight excluding hydrogens is 220 g/mol. The standard InChI is InChI=1S/C13H13ClN2/c1-2-15-13-9-5-8-12(16-13)10-6-3-4-7-11(10)14/h3-9H,2H2,1H3,(H,15,16). The van der Waals surface area contributed by atoms with E-state index in [9.17, 15) is 0 Å². The Labute approximate surface area is 100 Å². The van der Waals surface area contributed by atoms with E-state index in [2.05, 4.69) is 10.3 Å². The Morgan fingerprint density at radius 1 is 1.12 bits per heavy atom. The van der Waals surface area contributed by atoms with Crippen molar-refractivity contribution < 1.29 is 0 Å². The van der Waals surface area contributed by atoms with Gasteiger partial charge in [-0.1, -0.05) is 35.9 Å². The molecule has 0 bridgehead atoms. The molecule has 0 radical (unpaired) electrons. The monoisotopic (exact) mass is 232 g/mol. The van der Waals surface area contributed by atoms with Gasteiger partial charge in [0.15, 0.2) is 0 Å². The van der Waals surface area contributed by atoms with Gasteiger partial charge in [0, 0.05) is 17.1 Å². The summed E-state index contributed by atoms with van der Waals surface area (Å²) in [5.74, 6) is 0.875. The van der Waals surface area contributed by atoms with Gasteiger partial charge in [-0.05, 0) is 25.1 Å². The summed E-state index contributed by atoms with van der Waals surface area (Å²) in [6.45, 7) is 2.91. The van der Waals surface area contributed by atoms with Crippen LogP contribution in [0.25, 0.3) is 11.3 Å². The maximum absolute atomic E-state index is 6.13. The first-order valence-corrected chi connectivity index (χ1v) is 5.65. The highest BCUT2D eigenvalue weighted by atomic mass is 35.5. The van der Waals surface area contributed by atoms with E-state index >= 15 is 0 Å². The summed E-state index contributed by atoms with van der Waals surface area (Å²) in [5.41, 5.74) is 1.85. The Morgan fingerprint density at radius 3 is 2.69 bits per heavy atom. The van der Waals surface area contributed by atoms with Crippen molar-refractivity contribution in [2.45, 2.75) is 6.92 Å². The first-order valence-electron chi connectivity index (χ1n) is 5.27. The van der Waals surface area contributed by atoms with Crippen LogP contribution in [0.1, 0.15) is 6.92 Å². The van der Waals surface area contributed by atoms with E-state index in [1.165, 1.54) is 0 Å². The summed E-state index contributed by atoms with van der Waals surface area (Å²) in [4.78, 5) is 4.50. The Bertz CT molecular complexity index is 483. The van der Waals surface area contributed by atoms with E-state index in [-0.39, 0.29) is 0 Å². The molecule has 1 heterocycles. The van der Waals surface area contributed by atoms with E-state index in [0.29, 0.717) is 0 Å². The highest BCUT2D eigenvalue weighted by molar-refractivity contribution is 6.33. The molecule has 1 aromatic carbocycles. The van der Waals surface area contributed by atoms with Crippen LogP contribution in [-0.4, -0.2) is 11.5 Å². The summed E-state index contributed by atoms with van der Waals surface area (Å²) >= 11 is 6.13. The number of rotatable bonds is 3. The van der Waals surface area contributed by atoms with E-state index < -0.39 is 0 Å². The molecule has 16 heavy (non-hydrogen) atoms. The molecule has 3 heteroatoms. The van der Waals surface area contributed by atoms with Crippen LogP contribution < -0.4 is 5.32 Å². The zero-order valence-corrected chi connectivity index (χ0v) is 9.83. The number of hydrogen-bond donors (Lipinski definition) is 1. The van der Waals surface area contributed by atoms with E-state index in [0.717, 1.165) is 28.6 Å². The highest BCUT2D eigenvalue weighted by Gasteiger charge is 2.04. The summed E-state index contributed by atoms with van der Waals surface area (Å²) in [5, 5.41) is 3.91. The van der Waals surface area contributed by atoms with Gasteiger partial charge in [0.1, 0.15) is 5.82 Å². The summed E-state index contributed by atoms with van der Waals surface area (Å²) in [7, 11) is 0. The lowest BCUT2D eigenvalue weighted by atomic mass is 10.1. The normalized spacial score (nSPS) is 10.1. The van der Waals surface area contributed by atoms with Crippen molar-refractivity contribution in [2.24, 2.45) is 0 Å². The average molecular weight is 233 g/mol. The lowest BCUT2D eigenvalue weighted by Gasteiger charge is -2.06. The van der Waals surface area contributed by atoms with Crippen LogP contribution in [0.5, 0.6) is 0 Å². The van der Waals surface area contributed by atoms with Gasteiger partial charge in [0.25, 0.3) is 0 Å². The number of hydrogen-bond acceptors (Lipinski definition) is 2. The summed E-state index contributed by atoms with van der Waals surface area (Å²) in [6.07, 6.45) is 0. The van der Waals surface area contributed by atoms with Crippen LogP contribution in [0.3, 0.4) is 0 Å². The van der Waals surface area contributed by atoms with Crippen LogP contribution in [0.15, 0.2) is 42.5 Å². The number of pyridine rings is 1. The quantitative estimate of drug-likeness (QED) is 0.870. The lowest BCUT2D eigenvalue weighted by molar-refractivity contribution is 1.16. The molecule has 2 rings (SSSR count). The first-order chi connectivity index (χ1) is 7.81. The zero-order valence-electron chi connectivity index (χ0n) is 9.07. The minimum atomic E-state index is 0.726. The molecule has 0 aliphatic heterocycles. The van der Waals surface area contributed by atoms with Gasteiger partial charge in [-0.15, -0.1) is 0 Å². The predicted molar refractivity (Wildman–Crippen MR) is 68.8 cm³/mol. The molecule has 2 aromatic rings. The summed E-state index contributed by atoms with van der Waals surface area (Å²) < 4.78 is 0. The fraction of sp³-hybridized carbons (Fsp3) is 0.154. The molecule has 0 spiro atoms. The molecule has 82 valence electrons. The van der Waals surface area contributed by atoms with Crippen LogP contribution in [0, 0.1) is 0 Å². The van der Waals surface area contributed by atoms with Gasteiger partial charge in [-0.3, -0.25) is 0 Å². The SMILES string of the molecule is CCNc1cccc(-c2ccccc2Cl)n1. The second kappa shape index (κ2) is 4.99. The fourth-order valence-corrected chi connectivity index (χ4v) is 1.77. The molecule has 0 unspecified atom stereocenters. The van der Waals surface area contributed by atoms with Gasteiger partial charge in [0.05, 0.1) is 5.69 Å². The van der Waals surface area contributed by atoms with E-state index in [1.54, 1.807) is 0 Å². The van der Waals surface area contributed by atoms with Gasteiger partial charge in [0.2, 0.25) is 0 Å². The molecule has 1 N–H and O–H groups in total. The van der Waals surface area contributed by atoms with E-state index in [1.807, 2.05) is 49.4 Å². The number of nitrogens with one attached hydrogen (secondary N) is 1. The molecule has 0 fully saturated rings. The highest BCUT2D eigenvalue weighted by Crippen LogP contribution is 2.26. The van der Waals surface area contributed by atoms with Crippen LogP contribution in [0.4, 0.5) is 5.82 Å². The second-order valence-electron chi connectivity index (χ2n) is 3.42. The zero-order chi connectivity index (χ0) is 11.4. The van der Waals surface area contributed by atoms with Crippen molar-refractivity contribution in [3.8, 4) is 11.3 Å². The molecule has 0 amide bonds. The third-order valence-electron chi connectivity index (χ3n) is 2.26. The maximum Gasteiger partial charge on any atom is 0.126 e. The van der Waals surface area contributed by atoms with Gasteiger partial charge >= 0.3 is 0 Å². The van der Waals surface area contributed by atoms with Crippen LogP contribution >= 0.6 is 11.6 Å². The van der Waals surface area contributed by atoms with Gasteiger partial charge in [-0.25, -0.2) is 4.98 Å². The molecule has 0 saturated heterocycles. The molecule has 1 aromatic heterocycles. The molecule has 0 aliphatic rings. The van der Waals surface area contributed by atoms with Crippen LogP contribution in [0.2, 0.25) is 5.02 Å². The molecular formula is C13H13ClN2. The van der Waals surface area contributed by atoms with Crippen molar-refractivity contribution in [3.63, 3.8) is 0 Å². The average Bonchev–Trinajstić information content (AvgIpc) is 2.30. The summed E-state index contributed by atoms with van der Waals surface area (Å²) in [6, 6.07) is 13.6. The van der Waals surface area contributed by atoms with Crippen molar-refractivity contribution in [2.75, 3.05) is 11.9 Å². The smallest absolute Gasteiger partial charge is 0.126 e. The molecule has 0 saturated carbocycles. The van der Waals surface area contributed by atoms with Gasteiger partial charge < -0.3 is 5.32 Å². The molecule has 0 aliphatic carbocycles. The Kier molecular flexibility index (Phi) is 3.42. The number of nitrogens with zero attached hydrogens (tertiary/aromatic N) is 1. The van der Waals surface area contributed by atoms with E-state index in [4.69, 9.17) is 11.6 Å². The third kappa shape index (κ3) is 2.34. The first kappa shape index (κ1) is 11.0. The predicted octanol–water partition coefficient (Wildman–Crippen LogP) is 3.83. The second-order valence-corrected chi connectivity index (χ2v) is 3.83. The maximum atomic E-state index is 6.13. The largest absolute Gasteiger partial charge is 0.370 e. The Morgan fingerprint density at radius 2 is 1.94 bits per heavy atom. The molecule has 0 atom stereocenters. The van der Waals surface area contributed by atoms with Gasteiger partial charge in [-0.2, -0.15) is 0 Å². The Balaban J connectivity index is 2.40. The third-order valence-corrected chi connectivity index (χ3v) is 2.59.